The Morgan fingerprint density at radius 2 is 1.81 bits per heavy atom. The number of benzene rings is 1. The summed E-state index contributed by atoms with van der Waals surface area (Å²) in [6.45, 7) is 5.96. The van der Waals surface area contributed by atoms with E-state index in [-0.39, 0.29) is 11.8 Å². The van der Waals surface area contributed by atoms with E-state index in [0.717, 1.165) is 37.8 Å². The molecule has 0 radical (unpaired) electrons. The molecule has 0 spiro atoms. The van der Waals surface area contributed by atoms with E-state index in [1.54, 1.807) is 11.1 Å². The van der Waals surface area contributed by atoms with Crippen LogP contribution in [0.2, 0.25) is 0 Å². The molecule has 148 valence electrons. The lowest BCUT2D eigenvalue weighted by molar-refractivity contribution is -0.150. The highest BCUT2D eigenvalue weighted by Gasteiger charge is 2.43. The number of nitrogens with zero attached hydrogens (tertiary/aromatic N) is 1. The molecule has 0 atom stereocenters. The fraction of sp³-hybridized carbons (Fsp3) is 0.708. The molecule has 1 saturated heterocycles. The second kappa shape index (κ2) is 7.58. The Kier molecular flexibility index (Phi) is 5.33. The molecule has 2 saturated carbocycles. The number of likely N-dealkylation sites (tertiary alicyclic amines) is 1. The van der Waals surface area contributed by atoms with Crippen LogP contribution in [0.1, 0.15) is 80.9 Å². The van der Waals surface area contributed by atoms with Crippen molar-refractivity contribution in [2.45, 2.75) is 83.2 Å². The molecule has 0 aromatic heterocycles. The van der Waals surface area contributed by atoms with Crippen molar-refractivity contribution < 1.29 is 9.90 Å². The number of carbonyl (C=O) groups excluding carboxylic acids is 1. The highest BCUT2D eigenvalue weighted by molar-refractivity contribution is 5.80. The topological polar surface area (TPSA) is 40.5 Å². The normalized spacial score (nSPS) is 29.7. The zero-order valence-electron chi connectivity index (χ0n) is 17.0. The zero-order valence-corrected chi connectivity index (χ0v) is 17.0. The van der Waals surface area contributed by atoms with Gasteiger partial charge in [-0.2, -0.15) is 0 Å². The van der Waals surface area contributed by atoms with Crippen molar-refractivity contribution in [3.63, 3.8) is 0 Å². The second-order valence-corrected chi connectivity index (χ2v) is 9.69. The molecular formula is C24H35NO2. The lowest BCUT2D eigenvalue weighted by atomic mass is 9.71. The predicted octanol–water partition coefficient (Wildman–Crippen LogP) is 4.59. The highest BCUT2D eigenvalue weighted by atomic mass is 16.3. The van der Waals surface area contributed by atoms with Crippen molar-refractivity contribution in [2.75, 3.05) is 13.1 Å². The Bertz CT molecular complexity index is 674. The van der Waals surface area contributed by atoms with E-state index in [2.05, 4.69) is 30.0 Å². The van der Waals surface area contributed by atoms with Crippen LogP contribution in [0.3, 0.4) is 0 Å². The van der Waals surface area contributed by atoms with Gasteiger partial charge in [0, 0.05) is 19.0 Å². The Hall–Kier alpha value is -1.35. The van der Waals surface area contributed by atoms with E-state index in [1.165, 1.54) is 37.7 Å². The second-order valence-electron chi connectivity index (χ2n) is 9.69. The maximum atomic E-state index is 12.7. The maximum Gasteiger partial charge on any atom is 0.225 e. The first-order valence-electron chi connectivity index (χ1n) is 11.0. The molecule has 2 aliphatic carbocycles. The number of aliphatic hydroxyl groups is 1. The molecule has 1 aliphatic heterocycles. The number of rotatable bonds is 4. The fourth-order valence-corrected chi connectivity index (χ4v) is 5.33. The number of hydrogen-bond acceptors (Lipinski definition) is 2. The van der Waals surface area contributed by atoms with Crippen molar-refractivity contribution in [1.29, 1.82) is 0 Å². The lowest BCUT2D eigenvalue weighted by Crippen LogP contribution is -2.50. The summed E-state index contributed by atoms with van der Waals surface area (Å²) in [5.74, 6) is 1.92. The van der Waals surface area contributed by atoms with Gasteiger partial charge in [-0.25, -0.2) is 0 Å². The minimum absolute atomic E-state index is 0.0584. The third kappa shape index (κ3) is 4.39. The van der Waals surface area contributed by atoms with Crippen molar-refractivity contribution in [3.05, 3.63) is 34.9 Å². The van der Waals surface area contributed by atoms with Crippen LogP contribution in [0.4, 0.5) is 0 Å². The van der Waals surface area contributed by atoms with Gasteiger partial charge in [-0.3, -0.25) is 4.79 Å². The average Bonchev–Trinajstić information content (AvgIpc) is 3.41. The van der Waals surface area contributed by atoms with Gasteiger partial charge in [0.25, 0.3) is 0 Å². The summed E-state index contributed by atoms with van der Waals surface area (Å²) in [6.07, 6.45) is 9.89. The first-order chi connectivity index (χ1) is 12.9. The summed E-state index contributed by atoms with van der Waals surface area (Å²) in [6, 6.07) is 6.92. The van der Waals surface area contributed by atoms with Gasteiger partial charge in [-0.1, -0.05) is 18.2 Å². The Balaban J connectivity index is 1.30. The molecule has 27 heavy (non-hydrogen) atoms. The van der Waals surface area contributed by atoms with Gasteiger partial charge in [0.15, 0.2) is 0 Å². The van der Waals surface area contributed by atoms with E-state index in [9.17, 15) is 9.90 Å². The molecule has 3 fully saturated rings. The third-order valence-electron chi connectivity index (χ3n) is 7.13. The van der Waals surface area contributed by atoms with E-state index in [0.29, 0.717) is 12.8 Å². The molecule has 0 unspecified atom stereocenters. The molecule has 0 bridgehead atoms. The molecule has 1 aromatic carbocycles. The van der Waals surface area contributed by atoms with Crippen LogP contribution < -0.4 is 0 Å². The van der Waals surface area contributed by atoms with Gasteiger partial charge in [-0.05, 0) is 100 Å². The van der Waals surface area contributed by atoms with Gasteiger partial charge in [0.1, 0.15) is 0 Å². The van der Waals surface area contributed by atoms with Gasteiger partial charge >= 0.3 is 0 Å². The standard InChI is InChI=1S/C24H35NO2/c1-17-20(8-3-9-22(17)19-10-11-19)14-18-6-4-12-25(13-5-7-18)23(26)21-15-24(2,27)16-21/h3,8-9,18-19,21,27H,4-7,10-16H2,1-2H3. The fourth-order valence-electron chi connectivity index (χ4n) is 5.33. The molecule has 3 heteroatoms. The largest absolute Gasteiger partial charge is 0.390 e. The van der Waals surface area contributed by atoms with E-state index >= 15 is 0 Å². The summed E-state index contributed by atoms with van der Waals surface area (Å²) in [7, 11) is 0. The van der Waals surface area contributed by atoms with Crippen LogP contribution in [-0.4, -0.2) is 34.6 Å². The van der Waals surface area contributed by atoms with Gasteiger partial charge in [0.05, 0.1) is 5.60 Å². The Labute approximate surface area is 164 Å². The maximum absolute atomic E-state index is 12.7. The van der Waals surface area contributed by atoms with E-state index < -0.39 is 5.60 Å². The van der Waals surface area contributed by atoms with Gasteiger partial charge in [0.2, 0.25) is 5.91 Å². The molecule has 4 rings (SSSR count). The Morgan fingerprint density at radius 1 is 1.15 bits per heavy atom. The quantitative estimate of drug-likeness (QED) is 0.843. The van der Waals surface area contributed by atoms with Crippen LogP contribution in [0.15, 0.2) is 18.2 Å². The molecule has 3 nitrogen and oxygen atoms in total. The first kappa shape index (κ1) is 19.0. The van der Waals surface area contributed by atoms with Crippen LogP contribution in [0.25, 0.3) is 0 Å². The number of hydrogen-bond donors (Lipinski definition) is 1. The first-order valence-corrected chi connectivity index (χ1v) is 11.0. The minimum Gasteiger partial charge on any atom is -0.390 e. The minimum atomic E-state index is -0.610. The monoisotopic (exact) mass is 369 g/mol. The summed E-state index contributed by atoms with van der Waals surface area (Å²) in [4.78, 5) is 14.8. The van der Waals surface area contributed by atoms with Crippen molar-refractivity contribution in [3.8, 4) is 0 Å². The number of amides is 1. The summed E-state index contributed by atoms with van der Waals surface area (Å²) in [5, 5.41) is 9.92. The third-order valence-corrected chi connectivity index (χ3v) is 7.13. The predicted molar refractivity (Wildman–Crippen MR) is 109 cm³/mol. The lowest BCUT2D eigenvalue weighted by Gasteiger charge is -2.42. The Morgan fingerprint density at radius 3 is 2.41 bits per heavy atom. The van der Waals surface area contributed by atoms with Crippen LogP contribution in [-0.2, 0) is 11.2 Å². The van der Waals surface area contributed by atoms with E-state index in [4.69, 9.17) is 0 Å². The van der Waals surface area contributed by atoms with Crippen molar-refractivity contribution >= 4 is 5.91 Å². The zero-order chi connectivity index (χ0) is 19.0. The van der Waals surface area contributed by atoms with Crippen molar-refractivity contribution in [1.82, 2.24) is 4.90 Å². The SMILES string of the molecule is Cc1c(CC2CCCN(C(=O)C3CC(C)(O)C3)CCC2)cccc1C1CC1. The average molecular weight is 370 g/mol. The van der Waals surface area contributed by atoms with Crippen LogP contribution >= 0.6 is 0 Å². The van der Waals surface area contributed by atoms with Crippen LogP contribution in [0, 0.1) is 18.8 Å². The molecular weight excluding hydrogens is 334 g/mol. The van der Waals surface area contributed by atoms with Gasteiger partial charge in [-0.15, -0.1) is 0 Å². The molecule has 1 N–H and O–H groups in total. The molecule has 1 aromatic rings. The summed E-state index contributed by atoms with van der Waals surface area (Å²) in [5.41, 5.74) is 4.07. The van der Waals surface area contributed by atoms with Crippen LogP contribution in [0.5, 0.6) is 0 Å². The number of carbonyl (C=O) groups is 1. The smallest absolute Gasteiger partial charge is 0.225 e. The van der Waals surface area contributed by atoms with Crippen molar-refractivity contribution in [2.24, 2.45) is 11.8 Å². The summed E-state index contributed by atoms with van der Waals surface area (Å²) < 4.78 is 0. The molecule has 3 aliphatic rings. The van der Waals surface area contributed by atoms with E-state index in [1.807, 2.05) is 6.92 Å². The summed E-state index contributed by atoms with van der Waals surface area (Å²) >= 11 is 0. The molecule has 1 amide bonds. The molecule has 1 heterocycles. The van der Waals surface area contributed by atoms with Gasteiger partial charge < -0.3 is 10.0 Å². The highest BCUT2D eigenvalue weighted by Crippen LogP contribution is 2.42.